The van der Waals surface area contributed by atoms with Crippen LogP contribution in [0.15, 0.2) is 90.1 Å². The smallest absolute Gasteiger partial charge is 0.326 e. The average Bonchev–Trinajstić information content (AvgIpc) is 3.00. The zero-order valence-electron chi connectivity index (χ0n) is 24.5. The summed E-state index contributed by atoms with van der Waals surface area (Å²) >= 11 is 0. The number of amides is 2. The third kappa shape index (κ3) is 6.02. The summed E-state index contributed by atoms with van der Waals surface area (Å²) in [6, 6.07) is 20.8. The highest BCUT2D eigenvalue weighted by Crippen LogP contribution is 2.38. The summed E-state index contributed by atoms with van der Waals surface area (Å²) in [6.45, 7) is 8.63. The molecule has 2 aromatic carbocycles. The van der Waals surface area contributed by atoms with Crippen LogP contribution in [0.2, 0.25) is 0 Å². The van der Waals surface area contributed by atoms with Crippen molar-refractivity contribution in [1.82, 2.24) is 15.0 Å². The second-order valence-electron chi connectivity index (χ2n) is 10.9. The number of aromatic nitrogens is 3. The van der Waals surface area contributed by atoms with Gasteiger partial charge >= 0.3 is 6.03 Å². The predicted molar refractivity (Wildman–Crippen MR) is 168 cm³/mol. The van der Waals surface area contributed by atoms with Crippen LogP contribution >= 0.6 is 0 Å². The molecular weight excluding hydrogens is 526 g/mol. The fraction of sp³-hybridized carbons (Fsp3) is 0.235. The molecule has 2 N–H and O–H groups in total. The molecule has 8 nitrogen and oxygen atoms in total. The van der Waals surface area contributed by atoms with E-state index in [1.54, 1.807) is 37.8 Å². The number of pyridine rings is 3. The Morgan fingerprint density at radius 2 is 1.62 bits per heavy atom. The third-order valence-electron chi connectivity index (χ3n) is 7.30. The van der Waals surface area contributed by atoms with E-state index in [0.717, 1.165) is 44.6 Å². The molecule has 0 saturated heterocycles. The number of hydrogen-bond acceptors (Lipinski definition) is 5. The van der Waals surface area contributed by atoms with Gasteiger partial charge in [-0.2, -0.15) is 0 Å². The van der Waals surface area contributed by atoms with E-state index in [1.807, 2.05) is 36.4 Å². The van der Waals surface area contributed by atoms with Crippen LogP contribution in [0.4, 0.5) is 16.2 Å². The van der Waals surface area contributed by atoms with E-state index < -0.39 is 11.6 Å². The summed E-state index contributed by atoms with van der Waals surface area (Å²) in [5, 5.41) is 3.95. The minimum absolute atomic E-state index is 0.118. The minimum atomic E-state index is -0.404. The molecule has 2 amide bonds. The summed E-state index contributed by atoms with van der Waals surface area (Å²) in [4.78, 5) is 40.2. The van der Waals surface area contributed by atoms with Crippen LogP contribution < -0.4 is 20.5 Å². The Balaban J connectivity index is 1.61. The summed E-state index contributed by atoms with van der Waals surface area (Å²) in [5.41, 5.74) is 6.00. The van der Waals surface area contributed by atoms with E-state index in [1.165, 1.54) is 4.90 Å². The van der Waals surface area contributed by atoms with Gasteiger partial charge in [0, 0.05) is 29.7 Å². The molecule has 0 fully saturated rings. The number of hydrogen-bond donors (Lipinski definition) is 2. The summed E-state index contributed by atoms with van der Waals surface area (Å²) in [5.74, 6) is 1.02. The van der Waals surface area contributed by atoms with E-state index in [4.69, 9.17) is 4.74 Å². The van der Waals surface area contributed by atoms with Crippen LogP contribution in [0.1, 0.15) is 56.2 Å². The Labute approximate surface area is 245 Å². The topological polar surface area (TPSA) is 100 Å². The van der Waals surface area contributed by atoms with E-state index in [-0.39, 0.29) is 24.1 Å². The first-order valence-electron chi connectivity index (χ1n) is 14.0. The Morgan fingerprint density at radius 1 is 0.905 bits per heavy atom. The monoisotopic (exact) mass is 561 g/mol. The summed E-state index contributed by atoms with van der Waals surface area (Å²) in [6.07, 6.45) is 4.96. The Bertz CT molecular complexity index is 1750. The fourth-order valence-electron chi connectivity index (χ4n) is 5.05. The van der Waals surface area contributed by atoms with Crippen LogP contribution in [-0.4, -0.2) is 28.1 Å². The van der Waals surface area contributed by atoms with Crippen molar-refractivity contribution in [2.45, 2.75) is 46.1 Å². The van der Waals surface area contributed by atoms with Crippen molar-refractivity contribution in [2.75, 3.05) is 17.3 Å². The second-order valence-corrected chi connectivity index (χ2v) is 10.9. The van der Waals surface area contributed by atoms with Crippen molar-refractivity contribution in [3.63, 3.8) is 0 Å². The van der Waals surface area contributed by atoms with Gasteiger partial charge in [-0.05, 0) is 94.3 Å². The van der Waals surface area contributed by atoms with E-state index >= 15 is 0 Å². The molecule has 0 atom stereocenters. The summed E-state index contributed by atoms with van der Waals surface area (Å²) in [7, 11) is 1.66. The first-order chi connectivity index (χ1) is 20.2. The summed E-state index contributed by atoms with van der Waals surface area (Å²) < 4.78 is 5.46. The Morgan fingerprint density at radius 3 is 2.29 bits per heavy atom. The minimum Gasteiger partial charge on any atom is -0.497 e. The highest BCUT2D eigenvalue weighted by molar-refractivity contribution is 6.03. The van der Waals surface area contributed by atoms with Crippen molar-refractivity contribution in [2.24, 2.45) is 0 Å². The number of urea groups is 1. The maximum atomic E-state index is 14.2. The number of ether oxygens (including phenoxy) is 1. The van der Waals surface area contributed by atoms with Crippen LogP contribution in [-0.2, 0) is 6.54 Å². The van der Waals surface area contributed by atoms with Crippen molar-refractivity contribution >= 4 is 28.4 Å². The highest BCUT2D eigenvalue weighted by atomic mass is 16.5. The van der Waals surface area contributed by atoms with Gasteiger partial charge in [-0.1, -0.05) is 39.8 Å². The standard InChI is InChI=1S/C34H35N5O3/c1-21(2)28-17-26(24-8-6-10-27(16-24)42-5)18-29(22(3)4)31(28)37-34(41)39(20-23-11-14-35-15-12-23)30-19-25-9-7-13-36-32(25)38-33(30)40/h6-19,21-22H,20H2,1-5H3,(H,37,41)(H,36,38,40). The van der Waals surface area contributed by atoms with Crippen molar-refractivity contribution in [3.05, 3.63) is 112 Å². The van der Waals surface area contributed by atoms with Gasteiger partial charge in [-0.3, -0.25) is 14.7 Å². The number of H-pyrrole nitrogens is 1. The fourth-order valence-corrected chi connectivity index (χ4v) is 5.05. The molecule has 214 valence electrons. The van der Waals surface area contributed by atoms with Gasteiger partial charge in [0.1, 0.15) is 17.1 Å². The van der Waals surface area contributed by atoms with E-state index in [0.29, 0.717) is 5.65 Å². The Kier molecular flexibility index (Phi) is 8.33. The molecular formula is C34H35N5O3. The number of nitrogens with zero attached hydrogens (tertiary/aromatic N) is 3. The quantitative estimate of drug-likeness (QED) is 0.205. The first kappa shape index (κ1) is 28.5. The molecule has 42 heavy (non-hydrogen) atoms. The first-order valence-corrected chi connectivity index (χ1v) is 14.0. The van der Waals surface area contributed by atoms with Gasteiger partial charge in [0.05, 0.1) is 13.7 Å². The number of methoxy groups -OCH3 is 1. The van der Waals surface area contributed by atoms with Crippen LogP contribution in [0.5, 0.6) is 5.75 Å². The van der Waals surface area contributed by atoms with Gasteiger partial charge in [-0.25, -0.2) is 9.78 Å². The van der Waals surface area contributed by atoms with Crippen molar-refractivity contribution in [1.29, 1.82) is 0 Å². The number of anilines is 2. The lowest BCUT2D eigenvalue weighted by Crippen LogP contribution is -2.38. The number of aromatic amines is 1. The largest absolute Gasteiger partial charge is 0.497 e. The van der Waals surface area contributed by atoms with Crippen LogP contribution in [0, 0.1) is 0 Å². The normalized spacial score (nSPS) is 11.2. The number of fused-ring (bicyclic) bond motifs is 1. The molecule has 0 bridgehead atoms. The second kappa shape index (κ2) is 12.3. The molecule has 0 aliphatic heterocycles. The van der Waals surface area contributed by atoms with Gasteiger partial charge in [0.25, 0.3) is 5.56 Å². The molecule has 3 aromatic heterocycles. The van der Waals surface area contributed by atoms with Gasteiger partial charge in [0.15, 0.2) is 0 Å². The molecule has 8 heteroatoms. The number of rotatable bonds is 8. The molecule has 0 radical (unpaired) electrons. The maximum Gasteiger partial charge on any atom is 0.326 e. The zero-order valence-corrected chi connectivity index (χ0v) is 24.5. The number of benzene rings is 2. The van der Waals surface area contributed by atoms with E-state index in [9.17, 15) is 9.59 Å². The third-order valence-corrected chi connectivity index (χ3v) is 7.30. The van der Waals surface area contributed by atoms with Gasteiger partial charge in [-0.15, -0.1) is 0 Å². The lowest BCUT2D eigenvalue weighted by molar-refractivity contribution is 0.256. The average molecular weight is 562 g/mol. The van der Waals surface area contributed by atoms with Crippen molar-refractivity contribution < 1.29 is 9.53 Å². The van der Waals surface area contributed by atoms with E-state index in [2.05, 4.69) is 66.2 Å². The molecule has 5 aromatic rings. The molecule has 0 spiro atoms. The van der Waals surface area contributed by atoms with Crippen LogP contribution in [0.25, 0.3) is 22.2 Å². The molecule has 0 unspecified atom stereocenters. The molecule has 0 aliphatic carbocycles. The molecule has 0 saturated carbocycles. The van der Waals surface area contributed by atoms with Gasteiger partial charge in [0.2, 0.25) is 0 Å². The predicted octanol–water partition coefficient (Wildman–Crippen LogP) is 7.48. The maximum absolute atomic E-state index is 14.2. The zero-order chi connectivity index (χ0) is 29.8. The molecule has 0 aliphatic rings. The lowest BCUT2D eigenvalue weighted by Gasteiger charge is -2.27. The Hall–Kier alpha value is -4.98. The highest BCUT2D eigenvalue weighted by Gasteiger charge is 2.24. The van der Waals surface area contributed by atoms with Crippen LogP contribution in [0.3, 0.4) is 0 Å². The number of nitrogens with one attached hydrogen (secondary N) is 2. The molecule has 3 heterocycles. The van der Waals surface area contributed by atoms with Crippen molar-refractivity contribution in [3.8, 4) is 16.9 Å². The lowest BCUT2D eigenvalue weighted by atomic mass is 9.88. The number of carbonyl (C=O) groups excluding carboxylic acids is 1. The van der Waals surface area contributed by atoms with Gasteiger partial charge < -0.3 is 15.0 Å². The SMILES string of the molecule is COc1cccc(-c2cc(C(C)C)c(NC(=O)N(Cc3ccncc3)c3cc4cccnc4[nH]c3=O)c(C(C)C)c2)c1. The molecule has 5 rings (SSSR count). The number of carbonyl (C=O) groups is 1.